The summed E-state index contributed by atoms with van der Waals surface area (Å²) >= 11 is 1.45. The highest BCUT2D eigenvalue weighted by Crippen LogP contribution is 2.37. The highest BCUT2D eigenvalue weighted by Gasteiger charge is 2.41. The molecule has 1 aromatic heterocycles. The minimum absolute atomic E-state index is 0.329. The molecule has 0 bridgehead atoms. The second-order valence-corrected chi connectivity index (χ2v) is 5.99. The van der Waals surface area contributed by atoms with Crippen molar-refractivity contribution in [2.45, 2.75) is 5.92 Å². The Labute approximate surface area is 130 Å². The maximum absolute atomic E-state index is 14.1. The molecule has 0 N–H and O–H groups in total. The number of methoxy groups -OCH3 is 1. The summed E-state index contributed by atoms with van der Waals surface area (Å²) in [5.74, 6) is -2.57. The molecule has 3 rings (SSSR count). The summed E-state index contributed by atoms with van der Waals surface area (Å²) in [6, 6.07) is 3.45. The standard InChI is InChI=1S/C15H14F2N2O2S/c1-21-14(20)12-8-19(15-18-4-5-22-15)7-11(12)10-3-2-9(16)6-13(10)17/h2-6,11-12H,7-8H2,1H3/t11-,12+/m0/s1. The van der Waals surface area contributed by atoms with Gasteiger partial charge in [-0.3, -0.25) is 4.79 Å². The third-order valence-electron chi connectivity index (χ3n) is 3.88. The lowest BCUT2D eigenvalue weighted by molar-refractivity contribution is -0.145. The Morgan fingerprint density at radius 3 is 2.86 bits per heavy atom. The van der Waals surface area contributed by atoms with Gasteiger partial charge in [-0.15, -0.1) is 11.3 Å². The molecule has 2 aromatic rings. The van der Waals surface area contributed by atoms with Crippen LogP contribution in [0.1, 0.15) is 11.5 Å². The smallest absolute Gasteiger partial charge is 0.311 e. The molecular formula is C15H14F2N2O2S. The van der Waals surface area contributed by atoms with Crippen LogP contribution in [-0.2, 0) is 9.53 Å². The first kappa shape index (κ1) is 14.9. The van der Waals surface area contributed by atoms with Gasteiger partial charge in [0.25, 0.3) is 0 Å². The molecule has 1 aliphatic heterocycles. The maximum Gasteiger partial charge on any atom is 0.311 e. The Balaban J connectivity index is 1.94. The van der Waals surface area contributed by atoms with E-state index in [0.29, 0.717) is 18.7 Å². The van der Waals surface area contributed by atoms with E-state index in [2.05, 4.69) is 4.98 Å². The topological polar surface area (TPSA) is 42.4 Å². The van der Waals surface area contributed by atoms with E-state index < -0.39 is 29.4 Å². The molecule has 1 fully saturated rings. The van der Waals surface area contributed by atoms with E-state index in [9.17, 15) is 13.6 Å². The van der Waals surface area contributed by atoms with Crippen molar-refractivity contribution in [1.82, 2.24) is 4.98 Å². The van der Waals surface area contributed by atoms with Gasteiger partial charge < -0.3 is 9.64 Å². The maximum atomic E-state index is 14.1. The lowest BCUT2D eigenvalue weighted by Gasteiger charge is -2.17. The van der Waals surface area contributed by atoms with Gasteiger partial charge in [-0.05, 0) is 11.6 Å². The predicted octanol–water partition coefficient (Wildman–Crippen LogP) is 2.81. The zero-order valence-electron chi connectivity index (χ0n) is 11.8. The number of thiazole rings is 1. The highest BCUT2D eigenvalue weighted by atomic mass is 32.1. The number of hydrogen-bond donors (Lipinski definition) is 0. The summed E-state index contributed by atoms with van der Waals surface area (Å²) in [4.78, 5) is 18.2. The average Bonchev–Trinajstić information content (AvgIpc) is 3.15. The minimum atomic E-state index is -0.639. The zero-order chi connectivity index (χ0) is 15.7. The number of ether oxygens (including phenoxy) is 1. The number of carbonyl (C=O) groups excluding carboxylic acids is 1. The third-order valence-corrected chi connectivity index (χ3v) is 4.71. The van der Waals surface area contributed by atoms with Crippen molar-refractivity contribution in [3.63, 3.8) is 0 Å². The molecule has 22 heavy (non-hydrogen) atoms. The quantitative estimate of drug-likeness (QED) is 0.814. The lowest BCUT2D eigenvalue weighted by atomic mass is 9.88. The van der Waals surface area contributed by atoms with Gasteiger partial charge >= 0.3 is 5.97 Å². The van der Waals surface area contributed by atoms with Gasteiger partial charge in [0.2, 0.25) is 0 Å². The summed E-state index contributed by atoms with van der Waals surface area (Å²) in [5, 5.41) is 2.62. The average molecular weight is 324 g/mol. The number of nitrogens with zero attached hydrogens (tertiary/aromatic N) is 2. The van der Waals surface area contributed by atoms with Crippen molar-refractivity contribution >= 4 is 22.4 Å². The first-order chi connectivity index (χ1) is 10.6. The van der Waals surface area contributed by atoms with Crippen molar-refractivity contribution in [3.8, 4) is 0 Å². The van der Waals surface area contributed by atoms with Crippen molar-refractivity contribution < 1.29 is 18.3 Å². The highest BCUT2D eigenvalue weighted by molar-refractivity contribution is 7.13. The number of benzene rings is 1. The van der Waals surface area contributed by atoms with Crippen molar-refractivity contribution in [2.24, 2.45) is 5.92 Å². The van der Waals surface area contributed by atoms with E-state index >= 15 is 0 Å². The normalized spacial score (nSPS) is 21.1. The number of aromatic nitrogens is 1. The van der Waals surface area contributed by atoms with Crippen LogP contribution in [0.2, 0.25) is 0 Å². The van der Waals surface area contributed by atoms with Crippen LogP contribution >= 0.6 is 11.3 Å². The Kier molecular flexibility index (Phi) is 4.06. The molecule has 0 radical (unpaired) electrons. The van der Waals surface area contributed by atoms with E-state index in [1.165, 1.54) is 30.6 Å². The monoisotopic (exact) mass is 324 g/mol. The van der Waals surface area contributed by atoms with Crippen LogP contribution in [-0.4, -0.2) is 31.2 Å². The van der Waals surface area contributed by atoms with Gasteiger partial charge in [-0.2, -0.15) is 0 Å². The van der Waals surface area contributed by atoms with Crippen LogP contribution < -0.4 is 4.90 Å². The van der Waals surface area contributed by atoms with Crippen LogP contribution in [0.5, 0.6) is 0 Å². The number of carbonyl (C=O) groups is 1. The molecule has 116 valence electrons. The molecule has 0 saturated carbocycles. The van der Waals surface area contributed by atoms with Crippen LogP contribution in [0.3, 0.4) is 0 Å². The largest absolute Gasteiger partial charge is 0.469 e. The molecule has 0 spiro atoms. The SMILES string of the molecule is COC(=O)[C@@H]1CN(c2nccs2)C[C@H]1c1ccc(F)cc1F. The summed E-state index contributed by atoms with van der Waals surface area (Å²) in [5.41, 5.74) is 0.329. The fourth-order valence-electron chi connectivity index (χ4n) is 2.84. The van der Waals surface area contributed by atoms with Gasteiger partial charge in [-0.1, -0.05) is 6.07 Å². The Morgan fingerprint density at radius 1 is 1.41 bits per heavy atom. The molecule has 0 aliphatic carbocycles. The van der Waals surface area contributed by atoms with Crippen molar-refractivity contribution in [3.05, 3.63) is 47.0 Å². The van der Waals surface area contributed by atoms with Crippen LogP contribution in [0.4, 0.5) is 13.9 Å². The van der Waals surface area contributed by atoms with Gasteiger partial charge in [0.15, 0.2) is 5.13 Å². The van der Waals surface area contributed by atoms with Crippen molar-refractivity contribution in [2.75, 3.05) is 25.1 Å². The fraction of sp³-hybridized carbons (Fsp3) is 0.333. The Bertz CT molecular complexity index is 678. The molecule has 1 aromatic carbocycles. The molecular weight excluding hydrogens is 310 g/mol. The van der Waals surface area contributed by atoms with Gasteiger partial charge in [0.1, 0.15) is 11.6 Å². The van der Waals surface area contributed by atoms with Crippen molar-refractivity contribution in [1.29, 1.82) is 0 Å². The second kappa shape index (κ2) is 6.00. The van der Waals surface area contributed by atoms with E-state index in [-0.39, 0.29) is 0 Å². The summed E-state index contributed by atoms with van der Waals surface area (Å²) in [7, 11) is 1.31. The molecule has 4 nitrogen and oxygen atoms in total. The minimum Gasteiger partial charge on any atom is -0.469 e. The second-order valence-electron chi connectivity index (χ2n) is 5.12. The Hall–Kier alpha value is -2.02. The third kappa shape index (κ3) is 2.68. The number of rotatable bonds is 3. The molecule has 1 aliphatic rings. The first-order valence-corrected chi connectivity index (χ1v) is 7.65. The van der Waals surface area contributed by atoms with E-state index in [1.54, 1.807) is 6.20 Å². The van der Waals surface area contributed by atoms with Crippen LogP contribution in [0.15, 0.2) is 29.8 Å². The lowest BCUT2D eigenvalue weighted by Crippen LogP contribution is -2.24. The summed E-state index contributed by atoms with van der Waals surface area (Å²) < 4.78 is 32.0. The van der Waals surface area contributed by atoms with E-state index in [1.807, 2.05) is 10.3 Å². The molecule has 0 unspecified atom stereocenters. The number of halogens is 2. The first-order valence-electron chi connectivity index (χ1n) is 6.77. The fourth-order valence-corrected chi connectivity index (χ4v) is 3.50. The number of hydrogen-bond acceptors (Lipinski definition) is 5. The predicted molar refractivity (Wildman–Crippen MR) is 78.9 cm³/mol. The molecule has 1 saturated heterocycles. The van der Waals surface area contributed by atoms with Gasteiger partial charge in [-0.25, -0.2) is 13.8 Å². The van der Waals surface area contributed by atoms with E-state index in [4.69, 9.17) is 4.74 Å². The van der Waals surface area contributed by atoms with Crippen LogP contribution in [0, 0.1) is 17.6 Å². The number of anilines is 1. The molecule has 7 heteroatoms. The summed E-state index contributed by atoms with van der Waals surface area (Å²) in [6.45, 7) is 0.845. The molecule has 2 heterocycles. The Morgan fingerprint density at radius 2 is 2.23 bits per heavy atom. The number of esters is 1. The molecule has 2 atom stereocenters. The van der Waals surface area contributed by atoms with Gasteiger partial charge in [0.05, 0.1) is 13.0 Å². The van der Waals surface area contributed by atoms with Gasteiger partial charge in [0, 0.05) is 36.7 Å². The van der Waals surface area contributed by atoms with E-state index in [0.717, 1.165) is 11.2 Å². The zero-order valence-corrected chi connectivity index (χ0v) is 12.6. The summed E-state index contributed by atoms with van der Waals surface area (Å²) in [6.07, 6.45) is 1.68. The van der Waals surface area contributed by atoms with Crippen LogP contribution in [0.25, 0.3) is 0 Å². The molecule has 0 amide bonds.